The lowest BCUT2D eigenvalue weighted by Gasteiger charge is -2.19. The molecule has 2 N–H and O–H groups in total. The van der Waals surface area contributed by atoms with Crippen LogP contribution in [0.3, 0.4) is 0 Å². The number of H-pyrrole nitrogens is 1. The summed E-state index contributed by atoms with van der Waals surface area (Å²) in [5.74, 6) is 0.0346. The first kappa shape index (κ1) is 19.5. The minimum Gasteiger partial charge on any atom is -0.358 e. The maximum absolute atomic E-state index is 12.4. The van der Waals surface area contributed by atoms with Gasteiger partial charge in [0.05, 0.1) is 0 Å². The normalized spacial score (nSPS) is 12.8. The number of aromatic amines is 1. The minimum absolute atomic E-state index is 0.0346. The number of carbonyl (C=O) groups excluding carboxylic acids is 1. The first-order valence-corrected chi connectivity index (χ1v) is 9.87. The van der Waals surface area contributed by atoms with Gasteiger partial charge in [0.25, 0.3) is 5.91 Å². The number of carbonyl (C=O) groups is 1. The summed E-state index contributed by atoms with van der Waals surface area (Å²) in [6, 6.07) is 6.01. The van der Waals surface area contributed by atoms with E-state index < -0.39 is 0 Å². The molecule has 4 heteroatoms. The fourth-order valence-electron chi connectivity index (χ4n) is 3.56. The van der Waals surface area contributed by atoms with Gasteiger partial charge in [-0.05, 0) is 62.5 Å². The molecule has 1 aromatic carbocycles. The molecular formula is C21H33N3O. The van der Waals surface area contributed by atoms with Gasteiger partial charge in [0.1, 0.15) is 0 Å². The summed E-state index contributed by atoms with van der Waals surface area (Å²) in [5.41, 5.74) is 4.70. The van der Waals surface area contributed by atoms with Crippen LogP contribution in [0, 0.1) is 0 Å². The third kappa shape index (κ3) is 4.63. The van der Waals surface area contributed by atoms with E-state index in [0.717, 1.165) is 50.0 Å². The molecule has 0 unspecified atom stereocenters. The average molecular weight is 344 g/mol. The SMILES string of the molecule is CC.CCCN(CC)CCNC(=O)c1ccc2[nH]c3c(c2c1)CCC3. The van der Waals surface area contributed by atoms with Crippen LogP contribution in [0.2, 0.25) is 0 Å². The van der Waals surface area contributed by atoms with Crippen LogP contribution in [-0.4, -0.2) is 42.0 Å². The fraction of sp³-hybridized carbons (Fsp3) is 0.571. The van der Waals surface area contributed by atoms with Gasteiger partial charge in [-0.3, -0.25) is 4.79 Å². The maximum atomic E-state index is 12.4. The van der Waals surface area contributed by atoms with Crippen molar-refractivity contribution in [3.63, 3.8) is 0 Å². The molecule has 1 aromatic heterocycles. The van der Waals surface area contributed by atoms with E-state index in [9.17, 15) is 4.79 Å². The molecule has 2 aromatic rings. The number of amides is 1. The minimum atomic E-state index is 0.0346. The summed E-state index contributed by atoms with van der Waals surface area (Å²) in [6.07, 6.45) is 4.63. The average Bonchev–Trinajstić information content (AvgIpc) is 3.23. The van der Waals surface area contributed by atoms with Crippen molar-refractivity contribution in [2.75, 3.05) is 26.2 Å². The molecule has 1 aliphatic carbocycles. The Labute approximate surface area is 152 Å². The van der Waals surface area contributed by atoms with E-state index in [2.05, 4.69) is 35.1 Å². The lowest BCUT2D eigenvalue weighted by molar-refractivity contribution is 0.0948. The molecule has 0 spiro atoms. The van der Waals surface area contributed by atoms with Crippen LogP contribution in [0.25, 0.3) is 10.9 Å². The first-order valence-electron chi connectivity index (χ1n) is 9.87. The Morgan fingerprint density at radius 3 is 2.72 bits per heavy atom. The number of aromatic nitrogens is 1. The monoisotopic (exact) mass is 343 g/mol. The summed E-state index contributed by atoms with van der Waals surface area (Å²) >= 11 is 0. The van der Waals surface area contributed by atoms with Crippen LogP contribution in [-0.2, 0) is 12.8 Å². The molecule has 4 nitrogen and oxygen atoms in total. The van der Waals surface area contributed by atoms with Crippen molar-refractivity contribution in [3.05, 3.63) is 35.0 Å². The standard InChI is InChI=1S/C19H27N3O.C2H6/c1-3-11-22(4-2)12-10-20-19(23)14-8-9-18-16(13-14)15-6-5-7-17(15)21-18;1-2/h8-9,13,21H,3-7,10-12H2,1-2H3,(H,20,23);1-2H3. The largest absolute Gasteiger partial charge is 0.358 e. The third-order valence-electron chi connectivity index (χ3n) is 4.81. The Morgan fingerprint density at radius 1 is 1.20 bits per heavy atom. The van der Waals surface area contributed by atoms with Gasteiger partial charge < -0.3 is 15.2 Å². The summed E-state index contributed by atoms with van der Waals surface area (Å²) in [4.78, 5) is 18.2. The van der Waals surface area contributed by atoms with Crippen molar-refractivity contribution in [2.24, 2.45) is 0 Å². The molecule has 1 amide bonds. The number of aryl methyl sites for hydroxylation is 2. The van der Waals surface area contributed by atoms with Gasteiger partial charge in [-0.1, -0.05) is 27.7 Å². The van der Waals surface area contributed by atoms with E-state index in [-0.39, 0.29) is 5.91 Å². The van der Waals surface area contributed by atoms with Gasteiger partial charge in [-0.15, -0.1) is 0 Å². The number of hydrogen-bond acceptors (Lipinski definition) is 2. The van der Waals surface area contributed by atoms with E-state index in [4.69, 9.17) is 0 Å². The van der Waals surface area contributed by atoms with Crippen LogP contribution >= 0.6 is 0 Å². The lowest BCUT2D eigenvalue weighted by Crippen LogP contribution is -2.35. The molecule has 0 atom stereocenters. The Morgan fingerprint density at radius 2 is 2.00 bits per heavy atom. The number of rotatable bonds is 7. The molecule has 0 bridgehead atoms. The van der Waals surface area contributed by atoms with Crippen molar-refractivity contribution < 1.29 is 4.79 Å². The molecule has 0 fully saturated rings. The van der Waals surface area contributed by atoms with Crippen molar-refractivity contribution in [2.45, 2.75) is 53.4 Å². The van der Waals surface area contributed by atoms with Crippen molar-refractivity contribution in [3.8, 4) is 0 Å². The lowest BCUT2D eigenvalue weighted by atomic mass is 10.1. The molecule has 0 radical (unpaired) electrons. The quantitative estimate of drug-likeness (QED) is 0.793. The summed E-state index contributed by atoms with van der Waals surface area (Å²) in [6.45, 7) is 12.1. The number of hydrogen-bond donors (Lipinski definition) is 2. The molecular weight excluding hydrogens is 310 g/mol. The number of nitrogens with zero attached hydrogens (tertiary/aromatic N) is 1. The number of benzene rings is 1. The summed E-state index contributed by atoms with van der Waals surface area (Å²) in [5, 5.41) is 4.28. The highest BCUT2D eigenvalue weighted by Crippen LogP contribution is 2.30. The topological polar surface area (TPSA) is 48.1 Å². The molecule has 25 heavy (non-hydrogen) atoms. The van der Waals surface area contributed by atoms with Crippen LogP contribution < -0.4 is 5.32 Å². The Balaban J connectivity index is 0.00000109. The van der Waals surface area contributed by atoms with Gasteiger partial charge in [-0.2, -0.15) is 0 Å². The maximum Gasteiger partial charge on any atom is 0.251 e. The Kier molecular flexibility index (Phi) is 7.51. The first-order chi connectivity index (χ1) is 12.2. The molecule has 1 heterocycles. The molecule has 0 saturated heterocycles. The number of fused-ring (bicyclic) bond motifs is 3. The summed E-state index contributed by atoms with van der Waals surface area (Å²) < 4.78 is 0. The number of nitrogens with one attached hydrogen (secondary N) is 2. The van der Waals surface area contributed by atoms with Crippen LogP contribution in [0.5, 0.6) is 0 Å². The van der Waals surface area contributed by atoms with Gasteiger partial charge in [0.15, 0.2) is 0 Å². The van der Waals surface area contributed by atoms with E-state index >= 15 is 0 Å². The Hall–Kier alpha value is -1.81. The third-order valence-corrected chi connectivity index (χ3v) is 4.81. The van der Waals surface area contributed by atoms with E-state index in [1.165, 1.54) is 23.1 Å². The summed E-state index contributed by atoms with van der Waals surface area (Å²) in [7, 11) is 0. The highest BCUT2D eigenvalue weighted by atomic mass is 16.1. The molecule has 3 rings (SSSR count). The van der Waals surface area contributed by atoms with Crippen molar-refractivity contribution in [1.29, 1.82) is 0 Å². The molecule has 0 saturated carbocycles. The van der Waals surface area contributed by atoms with Crippen molar-refractivity contribution in [1.82, 2.24) is 15.2 Å². The predicted octanol–water partition coefficient (Wildman–Crippen LogP) is 4.14. The van der Waals surface area contributed by atoms with Gasteiger partial charge in [-0.25, -0.2) is 0 Å². The zero-order chi connectivity index (χ0) is 18.2. The van der Waals surface area contributed by atoms with E-state index in [0.29, 0.717) is 6.54 Å². The van der Waals surface area contributed by atoms with E-state index in [1.807, 2.05) is 26.0 Å². The molecule has 138 valence electrons. The van der Waals surface area contributed by atoms with Crippen LogP contribution in [0.1, 0.15) is 62.2 Å². The van der Waals surface area contributed by atoms with Gasteiger partial charge >= 0.3 is 0 Å². The van der Waals surface area contributed by atoms with Crippen LogP contribution in [0.4, 0.5) is 0 Å². The second-order valence-electron chi connectivity index (χ2n) is 6.39. The van der Waals surface area contributed by atoms with Crippen LogP contribution in [0.15, 0.2) is 18.2 Å². The smallest absolute Gasteiger partial charge is 0.251 e. The number of likely N-dealkylation sites (N-methyl/N-ethyl adjacent to an activating group) is 1. The van der Waals surface area contributed by atoms with Crippen molar-refractivity contribution >= 4 is 16.8 Å². The second-order valence-corrected chi connectivity index (χ2v) is 6.39. The molecule has 1 aliphatic rings. The highest BCUT2D eigenvalue weighted by molar-refractivity contribution is 5.99. The zero-order valence-corrected chi connectivity index (χ0v) is 16.2. The second kappa shape index (κ2) is 9.62. The molecule has 0 aliphatic heterocycles. The Bertz CT molecular complexity index is 690. The van der Waals surface area contributed by atoms with E-state index in [1.54, 1.807) is 0 Å². The highest BCUT2D eigenvalue weighted by Gasteiger charge is 2.18. The van der Waals surface area contributed by atoms with Gasteiger partial charge in [0.2, 0.25) is 0 Å². The fourth-order valence-corrected chi connectivity index (χ4v) is 3.56. The van der Waals surface area contributed by atoms with Gasteiger partial charge in [0, 0.05) is 35.2 Å². The zero-order valence-electron chi connectivity index (χ0n) is 16.2. The predicted molar refractivity (Wildman–Crippen MR) is 106 cm³/mol.